The molecular weight excluding hydrogens is 162 g/mol. The van der Waals surface area contributed by atoms with Crippen LogP contribution in [0.1, 0.15) is 26.3 Å². The molecule has 0 amide bonds. The van der Waals surface area contributed by atoms with E-state index < -0.39 is 0 Å². The second kappa shape index (κ2) is 2.69. The third-order valence-corrected chi connectivity index (χ3v) is 2.28. The number of nitrogens with zero attached hydrogens (tertiary/aromatic N) is 2. The molecule has 3 nitrogen and oxygen atoms in total. The third-order valence-electron chi connectivity index (χ3n) is 2.28. The average Bonchev–Trinajstić information content (AvgIpc) is 2.45. The molecule has 3 heteroatoms. The Morgan fingerprint density at radius 3 is 2.62 bits per heavy atom. The van der Waals surface area contributed by atoms with Gasteiger partial charge in [-0.15, -0.1) is 0 Å². The number of aromatic amines is 1. The fraction of sp³-hybridized carbons (Fsp3) is 0.600. The fourth-order valence-corrected chi connectivity index (χ4v) is 1.58. The second-order valence-electron chi connectivity index (χ2n) is 4.41. The van der Waals surface area contributed by atoms with Crippen molar-refractivity contribution in [2.75, 3.05) is 13.1 Å². The lowest BCUT2D eigenvalue weighted by Gasteiger charge is -2.16. The molecule has 1 aliphatic rings. The van der Waals surface area contributed by atoms with Crippen LogP contribution in [0.4, 0.5) is 0 Å². The van der Waals surface area contributed by atoms with Gasteiger partial charge >= 0.3 is 0 Å². The molecule has 1 aromatic rings. The van der Waals surface area contributed by atoms with Crippen molar-refractivity contribution in [1.29, 1.82) is 0 Å². The first-order valence-electron chi connectivity index (χ1n) is 4.66. The molecule has 0 atom stereocenters. The van der Waals surface area contributed by atoms with E-state index in [2.05, 4.69) is 35.7 Å². The highest BCUT2D eigenvalue weighted by Crippen LogP contribution is 2.16. The minimum absolute atomic E-state index is 0.153. The quantitative estimate of drug-likeness (QED) is 0.602. The molecule has 1 N–H and O–H groups in total. The summed E-state index contributed by atoms with van der Waals surface area (Å²) in [5, 5.41) is 1.07. The predicted molar refractivity (Wildman–Crippen MR) is 51.5 cm³/mol. The molecular formula is C10H15N3. The van der Waals surface area contributed by atoms with Gasteiger partial charge in [0, 0.05) is 11.8 Å². The van der Waals surface area contributed by atoms with E-state index in [0.29, 0.717) is 0 Å². The van der Waals surface area contributed by atoms with Crippen LogP contribution in [0.25, 0.3) is 0 Å². The molecule has 0 unspecified atom stereocenters. The molecule has 70 valence electrons. The van der Waals surface area contributed by atoms with Gasteiger partial charge in [-0.05, 0) is 5.41 Å². The zero-order chi connectivity index (χ0) is 9.47. The number of hydrogen-bond donors (Lipinski definition) is 1. The summed E-state index contributed by atoms with van der Waals surface area (Å²) in [4.78, 5) is 12.0. The van der Waals surface area contributed by atoms with Crippen molar-refractivity contribution < 1.29 is 0 Å². The van der Waals surface area contributed by atoms with E-state index in [9.17, 15) is 0 Å². The largest absolute Gasteiger partial charge is 0.345 e. The summed E-state index contributed by atoms with van der Waals surface area (Å²) in [6, 6.07) is 0. The summed E-state index contributed by atoms with van der Waals surface area (Å²) < 4.78 is 0. The highest BCUT2D eigenvalue weighted by molar-refractivity contribution is 5.18. The Hall–Kier alpha value is -1.12. The number of H-pyrrole nitrogens is 1. The molecule has 2 heterocycles. The molecule has 1 aromatic heterocycles. The standard InChI is InChI=1S/C10H15N3/c1-10(2,3)7-6-13-9-8(7)11-4-5-12-9/h6H,4-5H2,1-3H3,(H,12,13). The van der Waals surface area contributed by atoms with Gasteiger partial charge < -0.3 is 4.98 Å². The van der Waals surface area contributed by atoms with E-state index in [1.807, 2.05) is 6.20 Å². The van der Waals surface area contributed by atoms with Gasteiger partial charge in [-0.3, -0.25) is 9.98 Å². The van der Waals surface area contributed by atoms with E-state index in [0.717, 1.165) is 23.9 Å². The zero-order valence-corrected chi connectivity index (χ0v) is 8.39. The topological polar surface area (TPSA) is 40.5 Å². The van der Waals surface area contributed by atoms with E-state index in [-0.39, 0.29) is 5.41 Å². The molecule has 13 heavy (non-hydrogen) atoms. The molecule has 0 fully saturated rings. The number of hydrogen-bond acceptors (Lipinski definition) is 2. The molecule has 0 radical (unpaired) electrons. The molecule has 0 bridgehead atoms. The SMILES string of the molecule is CC(C)(C)c1c[nH]c2c1=NCCN=2. The van der Waals surface area contributed by atoms with E-state index in [1.54, 1.807) is 0 Å². The maximum Gasteiger partial charge on any atom is 0.151 e. The summed E-state index contributed by atoms with van der Waals surface area (Å²) in [7, 11) is 0. The highest BCUT2D eigenvalue weighted by Gasteiger charge is 2.18. The van der Waals surface area contributed by atoms with Crippen molar-refractivity contribution >= 4 is 0 Å². The van der Waals surface area contributed by atoms with Gasteiger partial charge in [-0.25, -0.2) is 0 Å². The maximum absolute atomic E-state index is 4.49. The summed E-state index contributed by atoms with van der Waals surface area (Å²) >= 11 is 0. The monoisotopic (exact) mass is 177 g/mol. The van der Waals surface area contributed by atoms with Crippen molar-refractivity contribution in [3.8, 4) is 0 Å². The molecule has 0 aliphatic carbocycles. The Bertz CT molecular complexity index is 420. The lowest BCUT2D eigenvalue weighted by Crippen LogP contribution is -2.33. The van der Waals surface area contributed by atoms with Crippen LogP contribution in [0.5, 0.6) is 0 Å². The minimum atomic E-state index is 0.153. The van der Waals surface area contributed by atoms with E-state index in [4.69, 9.17) is 0 Å². The van der Waals surface area contributed by atoms with Gasteiger partial charge in [-0.2, -0.15) is 0 Å². The van der Waals surface area contributed by atoms with Crippen molar-refractivity contribution in [3.05, 3.63) is 22.6 Å². The van der Waals surface area contributed by atoms with Crippen LogP contribution in [-0.4, -0.2) is 18.1 Å². The Balaban J connectivity index is 2.70. The lowest BCUT2D eigenvalue weighted by molar-refractivity contribution is 0.582. The molecule has 0 aromatic carbocycles. The van der Waals surface area contributed by atoms with Crippen molar-refractivity contribution in [1.82, 2.24) is 4.98 Å². The van der Waals surface area contributed by atoms with E-state index >= 15 is 0 Å². The van der Waals surface area contributed by atoms with Crippen LogP contribution < -0.4 is 10.8 Å². The molecule has 0 saturated carbocycles. The first-order chi connectivity index (χ1) is 6.09. The lowest BCUT2D eigenvalue weighted by atomic mass is 9.89. The van der Waals surface area contributed by atoms with Crippen LogP contribution in [0.3, 0.4) is 0 Å². The molecule has 0 saturated heterocycles. The second-order valence-corrected chi connectivity index (χ2v) is 4.41. The minimum Gasteiger partial charge on any atom is -0.345 e. The smallest absolute Gasteiger partial charge is 0.151 e. The van der Waals surface area contributed by atoms with Gasteiger partial charge in [0.2, 0.25) is 0 Å². The summed E-state index contributed by atoms with van der Waals surface area (Å²) in [6.45, 7) is 8.23. The maximum atomic E-state index is 4.49. The molecule has 1 aliphatic heterocycles. The van der Waals surface area contributed by atoms with Crippen molar-refractivity contribution in [2.45, 2.75) is 26.2 Å². The van der Waals surface area contributed by atoms with Gasteiger partial charge in [-0.1, -0.05) is 20.8 Å². The normalized spacial score (nSPS) is 15.9. The average molecular weight is 177 g/mol. The Labute approximate surface area is 77.6 Å². The summed E-state index contributed by atoms with van der Waals surface area (Å²) in [5.74, 6) is 0. The van der Waals surface area contributed by atoms with Crippen LogP contribution in [0.2, 0.25) is 0 Å². The van der Waals surface area contributed by atoms with E-state index in [1.165, 1.54) is 5.56 Å². The predicted octanol–water partition coefficient (Wildman–Crippen LogP) is 0.565. The number of rotatable bonds is 0. The third kappa shape index (κ3) is 1.39. The highest BCUT2D eigenvalue weighted by atomic mass is 14.9. The number of nitrogens with one attached hydrogen (secondary N) is 1. The van der Waals surface area contributed by atoms with Gasteiger partial charge in [0.1, 0.15) is 5.36 Å². The van der Waals surface area contributed by atoms with Crippen LogP contribution in [0.15, 0.2) is 16.2 Å². The van der Waals surface area contributed by atoms with Crippen molar-refractivity contribution in [3.63, 3.8) is 0 Å². The summed E-state index contributed by atoms with van der Waals surface area (Å²) in [5.41, 5.74) is 2.38. The van der Waals surface area contributed by atoms with Crippen LogP contribution in [0, 0.1) is 0 Å². The Morgan fingerprint density at radius 2 is 1.92 bits per heavy atom. The molecule has 0 spiro atoms. The number of fused-ring (bicyclic) bond motifs is 1. The summed E-state index contributed by atoms with van der Waals surface area (Å²) in [6.07, 6.45) is 2.03. The molecule has 2 rings (SSSR count). The van der Waals surface area contributed by atoms with Crippen LogP contribution in [-0.2, 0) is 5.41 Å². The van der Waals surface area contributed by atoms with Gasteiger partial charge in [0.25, 0.3) is 0 Å². The van der Waals surface area contributed by atoms with Crippen LogP contribution >= 0.6 is 0 Å². The first-order valence-corrected chi connectivity index (χ1v) is 4.66. The first kappa shape index (κ1) is 8.48. The Morgan fingerprint density at radius 1 is 1.23 bits per heavy atom. The number of aromatic nitrogens is 1. The fourth-order valence-electron chi connectivity index (χ4n) is 1.58. The van der Waals surface area contributed by atoms with Gasteiger partial charge in [0.15, 0.2) is 5.49 Å². The zero-order valence-electron chi connectivity index (χ0n) is 8.39. The van der Waals surface area contributed by atoms with Gasteiger partial charge in [0.05, 0.1) is 13.1 Å². The van der Waals surface area contributed by atoms with Crippen molar-refractivity contribution in [2.24, 2.45) is 9.98 Å². The Kier molecular flexibility index (Phi) is 1.75.